The molecular formula is C11H21NO. The molecule has 2 aliphatic rings. The van der Waals surface area contributed by atoms with E-state index >= 15 is 0 Å². The van der Waals surface area contributed by atoms with Crippen LogP contribution in [0.1, 0.15) is 27.2 Å². The first-order chi connectivity index (χ1) is 6.09. The Morgan fingerprint density at radius 2 is 1.85 bits per heavy atom. The van der Waals surface area contributed by atoms with Crippen LogP contribution in [0.2, 0.25) is 0 Å². The van der Waals surface area contributed by atoms with Gasteiger partial charge in [-0.25, -0.2) is 0 Å². The Morgan fingerprint density at radius 3 is 2.54 bits per heavy atom. The average Bonchev–Trinajstić information content (AvgIpc) is 2.27. The Labute approximate surface area is 81.3 Å². The van der Waals surface area contributed by atoms with Crippen molar-refractivity contribution >= 4 is 0 Å². The fraction of sp³-hybridized carbons (Fsp3) is 1.00. The van der Waals surface area contributed by atoms with Gasteiger partial charge >= 0.3 is 0 Å². The van der Waals surface area contributed by atoms with Gasteiger partial charge in [0.25, 0.3) is 0 Å². The van der Waals surface area contributed by atoms with Crippen LogP contribution in [-0.2, 0) is 4.74 Å². The third-order valence-electron chi connectivity index (χ3n) is 3.67. The van der Waals surface area contributed by atoms with Crippen molar-refractivity contribution < 1.29 is 4.74 Å². The number of hydrogen-bond acceptors (Lipinski definition) is 2. The lowest BCUT2D eigenvalue weighted by Crippen LogP contribution is -2.52. The van der Waals surface area contributed by atoms with Gasteiger partial charge < -0.3 is 4.74 Å². The number of morpholine rings is 1. The molecule has 2 fully saturated rings. The fourth-order valence-corrected chi connectivity index (χ4v) is 3.26. The molecule has 13 heavy (non-hydrogen) atoms. The SMILES string of the molecule is CC1CN(C)C2C(C)CC(C)C2O1. The maximum atomic E-state index is 6.02. The van der Waals surface area contributed by atoms with E-state index in [9.17, 15) is 0 Å². The lowest BCUT2D eigenvalue weighted by atomic mass is 10.0. The highest BCUT2D eigenvalue weighted by molar-refractivity contribution is 4.97. The number of nitrogens with zero attached hydrogens (tertiary/aromatic N) is 1. The second-order valence-electron chi connectivity index (χ2n) is 5.03. The summed E-state index contributed by atoms with van der Waals surface area (Å²) in [5.41, 5.74) is 0. The average molecular weight is 183 g/mol. The van der Waals surface area contributed by atoms with Crippen molar-refractivity contribution in [3.8, 4) is 0 Å². The lowest BCUT2D eigenvalue weighted by Gasteiger charge is -2.41. The minimum absolute atomic E-state index is 0.416. The first kappa shape index (κ1) is 9.47. The molecule has 0 amide bonds. The third kappa shape index (κ3) is 1.50. The monoisotopic (exact) mass is 183 g/mol. The van der Waals surface area contributed by atoms with Crippen molar-refractivity contribution in [2.75, 3.05) is 13.6 Å². The molecule has 1 saturated carbocycles. The summed E-state index contributed by atoms with van der Waals surface area (Å²) < 4.78 is 6.02. The molecule has 2 heteroatoms. The molecule has 5 atom stereocenters. The van der Waals surface area contributed by atoms with Gasteiger partial charge in [-0.1, -0.05) is 13.8 Å². The van der Waals surface area contributed by atoms with Crippen LogP contribution >= 0.6 is 0 Å². The van der Waals surface area contributed by atoms with Crippen LogP contribution in [0, 0.1) is 11.8 Å². The molecule has 0 radical (unpaired) electrons. The first-order valence-electron chi connectivity index (χ1n) is 5.45. The summed E-state index contributed by atoms with van der Waals surface area (Å²) in [6.45, 7) is 7.96. The van der Waals surface area contributed by atoms with Crippen LogP contribution in [0.15, 0.2) is 0 Å². The molecule has 0 N–H and O–H groups in total. The van der Waals surface area contributed by atoms with Crippen LogP contribution in [-0.4, -0.2) is 36.7 Å². The normalized spacial score (nSPS) is 52.2. The van der Waals surface area contributed by atoms with Crippen LogP contribution in [0.4, 0.5) is 0 Å². The second kappa shape index (κ2) is 3.25. The number of likely N-dealkylation sites (N-methyl/N-ethyl adjacent to an activating group) is 1. The predicted octanol–water partition coefficient (Wildman–Crippen LogP) is 1.75. The van der Waals surface area contributed by atoms with Crippen LogP contribution in [0.3, 0.4) is 0 Å². The van der Waals surface area contributed by atoms with Gasteiger partial charge in [0.05, 0.1) is 12.2 Å². The molecule has 0 spiro atoms. The van der Waals surface area contributed by atoms with E-state index < -0.39 is 0 Å². The molecule has 1 saturated heterocycles. The molecule has 0 aromatic heterocycles. The molecule has 2 rings (SSSR count). The van der Waals surface area contributed by atoms with Crippen LogP contribution < -0.4 is 0 Å². The molecule has 76 valence electrons. The smallest absolute Gasteiger partial charge is 0.0762 e. The quantitative estimate of drug-likeness (QED) is 0.567. The molecule has 1 aliphatic carbocycles. The Morgan fingerprint density at radius 1 is 1.15 bits per heavy atom. The maximum Gasteiger partial charge on any atom is 0.0762 e. The lowest BCUT2D eigenvalue weighted by molar-refractivity contribution is -0.111. The van der Waals surface area contributed by atoms with Gasteiger partial charge in [0, 0.05) is 12.6 Å². The molecule has 0 aromatic carbocycles. The second-order valence-corrected chi connectivity index (χ2v) is 5.03. The molecule has 5 unspecified atom stereocenters. The van der Waals surface area contributed by atoms with Gasteiger partial charge in [-0.2, -0.15) is 0 Å². The van der Waals surface area contributed by atoms with E-state index in [1.807, 2.05) is 0 Å². The van der Waals surface area contributed by atoms with Gasteiger partial charge in [-0.05, 0) is 32.2 Å². The zero-order chi connectivity index (χ0) is 9.59. The van der Waals surface area contributed by atoms with Crippen molar-refractivity contribution in [1.29, 1.82) is 0 Å². The van der Waals surface area contributed by atoms with Crippen molar-refractivity contribution in [3.63, 3.8) is 0 Å². The van der Waals surface area contributed by atoms with Gasteiger partial charge in [0.15, 0.2) is 0 Å². The maximum absolute atomic E-state index is 6.02. The minimum Gasteiger partial charge on any atom is -0.372 e. The van der Waals surface area contributed by atoms with E-state index in [1.54, 1.807) is 0 Å². The van der Waals surface area contributed by atoms with Gasteiger partial charge in [-0.15, -0.1) is 0 Å². The van der Waals surface area contributed by atoms with E-state index in [1.165, 1.54) is 6.42 Å². The largest absolute Gasteiger partial charge is 0.372 e. The van der Waals surface area contributed by atoms with Gasteiger partial charge in [0.2, 0.25) is 0 Å². The summed E-state index contributed by atoms with van der Waals surface area (Å²) in [6.07, 6.45) is 2.23. The topological polar surface area (TPSA) is 12.5 Å². The molecule has 0 aromatic rings. The molecule has 1 aliphatic heterocycles. The standard InChI is InChI=1S/C11H21NO/c1-7-5-8(2)11-10(7)12(4)6-9(3)13-11/h7-11H,5-6H2,1-4H3. The number of hydrogen-bond donors (Lipinski definition) is 0. The zero-order valence-corrected chi connectivity index (χ0v) is 9.16. The molecule has 2 nitrogen and oxygen atoms in total. The Balaban J connectivity index is 2.14. The summed E-state index contributed by atoms with van der Waals surface area (Å²) in [5, 5.41) is 0. The highest BCUT2D eigenvalue weighted by atomic mass is 16.5. The molecular weight excluding hydrogens is 162 g/mol. The number of rotatable bonds is 0. The summed E-state index contributed by atoms with van der Waals surface area (Å²) in [4.78, 5) is 2.49. The van der Waals surface area contributed by atoms with E-state index in [0.717, 1.165) is 18.4 Å². The van der Waals surface area contributed by atoms with E-state index in [4.69, 9.17) is 4.74 Å². The van der Waals surface area contributed by atoms with Crippen molar-refractivity contribution in [2.24, 2.45) is 11.8 Å². The third-order valence-corrected chi connectivity index (χ3v) is 3.67. The number of ether oxygens (including phenoxy) is 1. The fourth-order valence-electron chi connectivity index (χ4n) is 3.26. The summed E-state index contributed by atoms with van der Waals surface area (Å²) in [5.74, 6) is 1.54. The Kier molecular flexibility index (Phi) is 2.37. The summed E-state index contributed by atoms with van der Waals surface area (Å²) in [6, 6.07) is 0.672. The highest BCUT2D eigenvalue weighted by Gasteiger charge is 2.45. The van der Waals surface area contributed by atoms with Crippen molar-refractivity contribution in [1.82, 2.24) is 4.90 Å². The summed E-state index contributed by atoms with van der Waals surface area (Å²) in [7, 11) is 2.24. The minimum atomic E-state index is 0.416. The summed E-state index contributed by atoms with van der Waals surface area (Å²) >= 11 is 0. The number of fused-ring (bicyclic) bond motifs is 1. The predicted molar refractivity (Wildman–Crippen MR) is 53.7 cm³/mol. The molecule has 0 bridgehead atoms. The van der Waals surface area contributed by atoms with E-state index in [-0.39, 0.29) is 0 Å². The van der Waals surface area contributed by atoms with Crippen molar-refractivity contribution in [3.05, 3.63) is 0 Å². The van der Waals surface area contributed by atoms with Crippen LogP contribution in [0.5, 0.6) is 0 Å². The van der Waals surface area contributed by atoms with E-state index in [2.05, 4.69) is 32.7 Å². The Hall–Kier alpha value is -0.0800. The van der Waals surface area contributed by atoms with Crippen molar-refractivity contribution in [2.45, 2.75) is 45.4 Å². The zero-order valence-electron chi connectivity index (χ0n) is 9.16. The van der Waals surface area contributed by atoms with Gasteiger partial charge in [0.1, 0.15) is 0 Å². The Bertz CT molecular complexity index is 195. The molecule has 1 heterocycles. The van der Waals surface area contributed by atoms with E-state index in [0.29, 0.717) is 18.2 Å². The highest BCUT2D eigenvalue weighted by Crippen LogP contribution is 2.38. The van der Waals surface area contributed by atoms with Gasteiger partial charge in [-0.3, -0.25) is 4.90 Å². The van der Waals surface area contributed by atoms with Crippen LogP contribution in [0.25, 0.3) is 0 Å². The first-order valence-corrected chi connectivity index (χ1v) is 5.45.